The minimum atomic E-state index is -0.396. The van der Waals surface area contributed by atoms with Gasteiger partial charge in [0.15, 0.2) is 6.10 Å². The molecule has 1 unspecified atom stereocenters. The van der Waals surface area contributed by atoms with Crippen LogP contribution in [0.4, 0.5) is 5.69 Å². The van der Waals surface area contributed by atoms with Gasteiger partial charge in [-0.1, -0.05) is 0 Å². The molecule has 0 bridgehead atoms. The number of morpholine rings is 1. The predicted octanol–water partition coefficient (Wildman–Crippen LogP) is 0.682. The fourth-order valence-electron chi connectivity index (χ4n) is 1.64. The van der Waals surface area contributed by atoms with Gasteiger partial charge in [-0.2, -0.15) is 10.5 Å². The molecule has 16 heavy (non-hydrogen) atoms. The van der Waals surface area contributed by atoms with Crippen molar-refractivity contribution < 1.29 is 4.74 Å². The number of ether oxygens (including phenoxy) is 1. The molecule has 0 aromatic carbocycles. The quantitative estimate of drug-likeness (QED) is 0.687. The first kappa shape index (κ1) is 10.4. The highest BCUT2D eigenvalue weighted by molar-refractivity contribution is 5.49. The largest absolute Gasteiger partial charge is 0.365 e. The molecule has 0 saturated carbocycles. The lowest BCUT2D eigenvalue weighted by atomic mass is 10.2. The van der Waals surface area contributed by atoms with Gasteiger partial charge < -0.3 is 9.64 Å². The first-order chi connectivity index (χ1) is 7.83. The van der Waals surface area contributed by atoms with Crippen LogP contribution in [0.15, 0.2) is 18.3 Å². The maximum Gasteiger partial charge on any atom is 0.161 e. The third kappa shape index (κ3) is 2.10. The second kappa shape index (κ2) is 4.61. The Labute approximate surface area is 93.5 Å². The summed E-state index contributed by atoms with van der Waals surface area (Å²) in [5.41, 5.74) is 1.30. The lowest BCUT2D eigenvalue weighted by molar-refractivity contribution is 0.0764. The Kier molecular flexibility index (Phi) is 3.00. The molecule has 0 spiro atoms. The van der Waals surface area contributed by atoms with E-state index in [0.29, 0.717) is 18.8 Å². The van der Waals surface area contributed by atoms with E-state index in [1.807, 2.05) is 17.0 Å². The van der Waals surface area contributed by atoms with Crippen molar-refractivity contribution in [2.24, 2.45) is 0 Å². The second-order valence-electron chi connectivity index (χ2n) is 3.45. The highest BCUT2D eigenvalue weighted by Gasteiger charge is 2.20. The van der Waals surface area contributed by atoms with E-state index in [9.17, 15) is 0 Å². The number of anilines is 1. The van der Waals surface area contributed by atoms with Crippen LogP contribution in [0, 0.1) is 22.7 Å². The van der Waals surface area contributed by atoms with Gasteiger partial charge in [0.25, 0.3) is 0 Å². The van der Waals surface area contributed by atoms with Crippen LogP contribution < -0.4 is 4.90 Å². The molecule has 2 rings (SSSR count). The summed E-state index contributed by atoms with van der Waals surface area (Å²) >= 11 is 0. The summed E-state index contributed by atoms with van der Waals surface area (Å²) in [6.45, 7) is 1.79. The van der Waals surface area contributed by atoms with Crippen molar-refractivity contribution in [3.05, 3.63) is 24.0 Å². The van der Waals surface area contributed by atoms with Crippen molar-refractivity contribution in [1.82, 2.24) is 4.98 Å². The molecular formula is C11H10N4O. The third-order valence-corrected chi connectivity index (χ3v) is 2.43. The van der Waals surface area contributed by atoms with Crippen molar-refractivity contribution in [3.8, 4) is 12.1 Å². The van der Waals surface area contributed by atoms with Crippen molar-refractivity contribution >= 4 is 5.69 Å². The number of nitrogens with zero attached hydrogens (tertiary/aromatic N) is 4. The number of hydrogen-bond acceptors (Lipinski definition) is 5. The molecule has 80 valence electrons. The molecule has 0 N–H and O–H groups in total. The number of rotatable bonds is 1. The molecule has 0 aliphatic carbocycles. The molecule has 1 atom stereocenters. The van der Waals surface area contributed by atoms with Crippen LogP contribution in [-0.2, 0) is 4.74 Å². The monoisotopic (exact) mass is 214 g/mol. The maximum absolute atomic E-state index is 8.79. The Bertz CT molecular complexity index is 460. The van der Waals surface area contributed by atoms with Crippen LogP contribution >= 0.6 is 0 Å². The van der Waals surface area contributed by atoms with Gasteiger partial charge in [-0.25, -0.2) is 4.98 Å². The molecule has 0 radical (unpaired) electrons. The summed E-state index contributed by atoms with van der Waals surface area (Å²) < 4.78 is 5.25. The molecule has 2 heterocycles. The van der Waals surface area contributed by atoms with Crippen LogP contribution in [0.5, 0.6) is 0 Å². The van der Waals surface area contributed by atoms with Crippen LogP contribution in [0.25, 0.3) is 0 Å². The first-order valence-electron chi connectivity index (χ1n) is 4.96. The topological polar surface area (TPSA) is 72.9 Å². The van der Waals surface area contributed by atoms with Gasteiger partial charge in [0.2, 0.25) is 0 Å². The Morgan fingerprint density at radius 2 is 2.38 bits per heavy atom. The lowest BCUT2D eigenvalue weighted by Crippen LogP contribution is -2.41. The molecule has 1 saturated heterocycles. The van der Waals surface area contributed by atoms with E-state index >= 15 is 0 Å². The predicted molar refractivity (Wildman–Crippen MR) is 56.5 cm³/mol. The Morgan fingerprint density at radius 3 is 3.12 bits per heavy atom. The van der Waals surface area contributed by atoms with Crippen LogP contribution in [-0.4, -0.2) is 30.8 Å². The zero-order chi connectivity index (χ0) is 11.4. The fraction of sp³-hybridized carbons (Fsp3) is 0.364. The van der Waals surface area contributed by atoms with Crippen LogP contribution in [0.1, 0.15) is 5.69 Å². The van der Waals surface area contributed by atoms with E-state index in [0.717, 1.165) is 12.2 Å². The normalized spacial score (nSPS) is 19.9. The fourth-order valence-corrected chi connectivity index (χ4v) is 1.64. The lowest BCUT2D eigenvalue weighted by Gasteiger charge is -2.31. The molecule has 1 aromatic rings. The van der Waals surface area contributed by atoms with E-state index in [4.69, 9.17) is 15.3 Å². The standard InChI is InChI=1S/C11H10N4O/c12-6-9-5-10(1-2-14-9)15-3-4-16-11(7-13)8-15/h1-2,5,11H,3-4,8H2. The Morgan fingerprint density at radius 1 is 1.50 bits per heavy atom. The Hall–Kier alpha value is -2.11. The zero-order valence-electron chi connectivity index (χ0n) is 8.63. The summed E-state index contributed by atoms with van der Waals surface area (Å²) in [7, 11) is 0. The minimum absolute atomic E-state index is 0.387. The van der Waals surface area contributed by atoms with E-state index in [1.54, 1.807) is 12.3 Å². The molecule has 0 amide bonds. The van der Waals surface area contributed by atoms with E-state index in [2.05, 4.69) is 11.1 Å². The van der Waals surface area contributed by atoms with Gasteiger partial charge >= 0.3 is 0 Å². The molecule has 1 aromatic heterocycles. The average molecular weight is 214 g/mol. The van der Waals surface area contributed by atoms with Crippen molar-refractivity contribution in [3.63, 3.8) is 0 Å². The molecule has 5 heteroatoms. The summed E-state index contributed by atoms with van der Waals surface area (Å²) in [6, 6.07) is 7.64. The van der Waals surface area contributed by atoms with E-state index in [1.165, 1.54) is 0 Å². The van der Waals surface area contributed by atoms with Gasteiger partial charge in [-0.3, -0.25) is 0 Å². The average Bonchev–Trinajstić information content (AvgIpc) is 2.39. The number of pyridine rings is 1. The van der Waals surface area contributed by atoms with E-state index < -0.39 is 6.10 Å². The summed E-state index contributed by atoms with van der Waals surface area (Å²) in [5, 5.41) is 17.5. The molecule has 1 aliphatic rings. The maximum atomic E-state index is 8.79. The minimum Gasteiger partial charge on any atom is -0.365 e. The van der Waals surface area contributed by atoms with Gasteiger partial charge in [0, 0.05) is 18.4 Å². The van der Waals surface area contributed by atoms with Gasteiger partial charge in [-0.15, -0.1) is 0 Å². The van der Waals surface area contributed by atoms with Gasteiger partial charge in [0.1, 0.15) is 11.8 Å². The van der Waals surface area contributed by atoms with Crippen LogP contribution in [0.2, 0.25) is 0 Å². The zero-order valence-corrected chi connectivity index (χ0v) is 8.63. The third-order valence-electron chi connectivity index (χ3n) is 2.43. The summed E-state index contributed by atoms with van der Waals surface area (Å²) in [4.78, 5) is 5.94. The summed E-state index contributed by atoms with van der Waals surface area (Å²) in [6.07, 6.45) is 1.21. The number of hydrogen-bond donors (Lipinski definition) is 0. The highest BCUT2D eigenvalue weighted by Crippen LogP contribution is 2.17. The van der Waals surface area contributed by atoms with E-state index in [-0.39, 0.29) is 0 Å². The van der Waals surface area contributed by atoms with Gasteiger partial charge in [-0.05, 0) is 12.1 Å². The number of aromatic nitrogens is 1. The molecule has 5 nitrogen and oxygen atoms in total. The van der Waals surface area contributed by atoms with Crippen molar-refractivity contribution in [2.45, 2.75) is 6.10 Å². The second-order valence-corrected chi connectivity index (χ2v) is 3.45. The molecular weight excluding hydrogens is 204 g/mol. The smallest absolute Gasteiger partial charge is 0.161 e. The first-order valence-corrected chi connectivity index (χ1v) is 4.96. The molecule has 1 fully saturated rings. The van der Waals surface area contributed by atoms with Crippen molar-refractivity contribution in [1.29, 1.82) is 10.5 Å². The van der Waals surface area contributed by atoms with Gasteiger partial charge in [0.05, 0.1) is 19.2 Å². The Balaban J connectivity index is 2.18. The van der Waals surface area contributed by atoms with Crippen molar-refractivity contribution in [2.75, 3.05) is 24.6 Å². The molecule has 1 aliphatic heterocycles. The summed E-state index contributed by atoms with van der Waals surface area (Å²) in [5.74, 6) is 0. The SMILES string of the molecule is N#Cc1cc(N2CCOC(C#N)C2)ccn1. The highest BCUT2D eigenvalue weighted by atomic mass is 16.5. The number of nitriles is 2. The van der Waals surface area contributed by atoms with Crippen LogP contribution in [0.3, 0.4) is 0 Å².